The van der Waals surface area contributed by atoms with Crippen LogP contribution >= 0.6 is 0 Å². The van der Waals surface area contributed by atoms with Crippen LogP contribution < -0.4 is 0 Å². The van der Waals surface area contributed by atoms with Crippen LogP contribution in [0.1, 0.15) is 18.7 Å². The van der Waals surface area contributed by atoms with Crippen molar-refractivity contribution in [3.63, 3.8) is 0 Å². The number of aromatic hydroxyl groups is 1. The molecule has 2 aromatic carbocycles. The van der Waals surface area contributed by atoms with E-state index >= 15 is 0 Å². The number of likely N-dealkylation sites (tertiary alicyclic amines) is 1. The molecule has 1 aliphatic rings. The van der Waals surface area contributed by atoms with Gasteiger partial charge in [-0.15, -0.1) is 0 Å². The molecule has 3 N–H and O–H groups in total. The second kappa shape index (κ2) is 6.51. The molecule has 0 aliphatic carbocycles. The minimum Gasteiger partial charge on any atom is -0.508 e. The summed E-state index contributed by atoms with van der Waals surface area (Å²) < 4.78 is 0. The number of aromatic nitrogens is 5. The number of hydrogen-bond donors (Lipinski definition) is 3. The van der Waals surface area contributed by atoms with Crippen molar-refractivity contribution < 1.29 is 5.11 Å². The molecule has 1 aliphatic heterocycles. The van der Waals surface area contributed by atoms with Gasteiger partial charge in [-0.25, -0.2) is 4.98 Å². The van der Waals surface area contributed by atoms with Crippen molar-refractivity contribution in [2.45, 2.75) is 19.4 Å². The minimum absolute atomic E-state index is 0.241. The third-order valence-electron chi connectivity index (χ3n) is 5.07. The van der Waals surface area contributed by atoms with Crippen LogP contribution in [-0.2, 0) is 6.54 Å². The Morgan fingerprint density at radius 2 is 1.70 bits per heavy atom. The number of hydrogen-bond acceptors (Lipinski definition) is 5. The third kappa shape index (κ3) is 3.06. The highest BCUT2D eigenvalue weighted by Gasteiger charge is 2.15. The van der Waals surface area contributed by atoms with E-state index in [-0.39, 0.29) is 5.75 Å². The molecule has 7 nitrogen and oxygen atoms in total. The molecule has 0 radical (unpaired) electrons. The Labute approximate surface area is 156 Å². The molecule has 0 saturated carbocycles. The summed E-state index contributed by atoms with van der Waals surface area (Å²) in [6.07, 6.45) is 2.52. The predicted molar refractivity (Wildman–Crippen MR) is 103 cm³/mol. The Morgan fingerprint density at radius 3 is 2.52 bits per heavy atom. The van der Waals surface area contributed by atoms with E-state index < -0.39 is 0 Å². The fourth-order valence-electron chi connectivity index (χ4n) is 3.64. The number of aromatic amines is 2. The lowest BCUT2D eigenvalue weighted by atomic mass is 10.1. The first-order chi connectivity index (χ1) is 13.3. The summed E-state index contributed by atoms with van der Waals surface area (Å²) in [6, 6.07) is 13.1. The number of benzene rings is 2. The van der Waals surface area contributed by atoms with Crippen molar-refractivity contribution in [2.75, 3.05) is 13.1 Å². The predicted octanol–water partition coefficient (Wildman–Crippen LogP) is 3.32. The maximum absolute atomic E-state index is 9.51. The lowest BCUT2D eigenvalue weighted by Crippen LogP contribution is -2.19. The van der Waals surface area contributed by atoms with Crippen LogP contribution in [-0.4, -0.2) is 48.5 Å². The molecule has 0 unspecified atom stereocenters. The molecule has 27 heavy (non-hydrogen) atoms. The Hall–Kier alpha value is -3.19. The van der Waals surface area contributed by atoms with Gasteiger partial charge < -0.3 is 5.11 Å². The van der Waals surface area contributed by atoms with Gasteiger partial charge in [-0.05, 0) is 68.4 Å². The van der Waals surface area contributed by atoms with Crippen molar-refractivity contribution in [3.05, 3.63) is 48.3 Å². The van der Waals surface area contributed by atoms with Gasteiger partial charge in [-0.3, -0.25) is 15.1 Å². The molecule has 2 aromatic heterocycles. The fraction of sp³-hybridized carbons (Fsp3) is 0.250. The lowest BCUT2D eigenvalue weighted by Gasteiger charge is -2.11. The van der Waals surface area contributed by atoms with Gasteiger partial charge in [0, 0.05) is 16.5 Å². The molecule has 136 valence electrons. The van der Waals surface area contributed by atoms with Gasteiger partial charge in [0.2, 0.25) is 0 Å². The number of fused-ring (bicyclic) bond motifs is 1. The standard InChI is InChI=1S/C20H20N6O/c27-15-6-3-13(4-7-15)19-16-11-14(5-8-17(16)22-24-19)20-21-18(23-25-20)12-26-9-1-2-10-26/h3-8,11,27H,1-2,9-10,12H2,(H,22,24)(H,21,23,25). The first-order valence-corrected chi connectivity index (χ1v) is 9.18. The number of nitrogens with one attached hydrogen (secondary N) is 2. The summed E-state index contributed by atoms with van der Waals surface area (Å²) in [7, 11) is 0. The monoisotopic (exact) mass is 360 g/mol. The van der Waals surface area contributed by atoms with E-state index in [1.165, 1.54) is 12.8 Å². The van der Waals surface area contributed by atoms with Crippen molar-refractivity contribution in [2.24, 2.45) is 0 Å². The van der Waals surface area contributed by atoms with Gasteiger partial charge in [0.15, 0.2) is 5.82 Å². The van der Waals surface area contributed by atoms with Crippen LogP contribution in [0.25, 0.3) is 33.5 Å². The van der Waals surface area contributed by atoms with Crippen LogP contribution in [0.5, 0.6) is 5.75 Å². The number of phenolic OH excluding ortho intramolecular Hbond substituents is 1. The molecule has 7 heteroatoms. The Morgan fingerprint density at radius 1 is 0.926 bits per heavy atom. The van der Waals surface area contributed by atoms with E-state index in [9.17, 15) is 5.11 Å². The highest BCUT2D eigenvalue weighted by atomic mass is 16.3. The molecule has 0 spiro atoms. The van der Waals surface area contributed by atoms with Crippen molar-refractivity contribution in [1.29, 1.82) is 0 Å². The first-order valence-electron chi connectivity index (χ1n) is 9.18. The van der Waals surface area contributed by atoms with Crippen LogP contribution in [0.15, 0.2) is 42.5 Å². The Balaban J connectivity index is 1.48. The molecule has 0 atom stereocenters. The summed E-state index contributed by atoms with van der Waals surface area (Å²) in [6.45, 7) is 3.08. The number of rotatable bonds is 4. The highest BCUT2D eigenvalue weighted by Crippen LogP contribution is 2.30. The molecule has 1 saturated heterocycles. The summed E-state index contributed by atoms with van der Waals surface area (Å²) in [5, 5.41) is 25.5. The topological polar surface area (TPSA) is 93.7 Å². The number of nitrogens with zero attached hydrogens (tertiary/aromatic N) is 4. The average Bonchev–Trinajstić information content (AvgIpc) is 3.43. The van der Waals surface area contributed by atoms with Crippen LogP contribution in [0, 0.1) is 0 Å². The van der Waals surface area contributed by atoms with Gasteiger partial charge in [0.05, 0.1) is 17.8 Å². The van der Waals surface area contributed by atoms with E-state index in [1.54, 1.807) is 12.1 Å². The van der Waals surface area contributed by atoms with Crippen LogP contribution in [0.4, 0.5) is 0 Å². The maximum atomic E-state index is 9.51. The van der Waals surface area contributed by atoms with E-state index in [4.69, 9.17) is 0 Å². The quantitative estimate of drug-likeness (QED) is 0.519. The smallest absolute Gasteiger partial charge is 0.181 e. The molecule has 0 bridgehead atoms. The van der Waals surface area contributed by atoms with E-state index in [0.717, 1.165) is 53.2 Å². The summed E-state index contributed by atoms with van der Waals surface area (Å²) in [5.74, 6) is 1.84. The van der Waals surface area contributed by atoms with E-state index in [2.05, 4.69) is 36.3 Å². The van der Waals surface area contributed by atoms with Crippen molar-refractivity contribution in [1.82, 2.24) is 30.3 Å². The highest BCUT2D eigenvalue weighted by molar-refractivity contribution is 5.95. The normalized spacial score (nSPS) is 15.0. The zero-order valence-electron chi connectivity index (χ0n) is 14.8. The zero-order chi connectivity index (χ0) is 18.2. The molecule has 0 amide bonds. The van der Waals surface area contributed by atoms with Crippen LogP contribution in [0.2, 0.25) is 0 Å². The van der Waals surface area contributed by atoms with Crippen molar-refractivity contribution in [3.8, 4) is 28.4 Å². The molecule has 5 rings (SSSR count). The largest absolute Gasteiger partial charge is 0.508 e. The maximum Gasteiger partial charge on any atom is 0.181 e. The van der Waals surface area contributed by atoms with Gasteiger partial charge in [-0.2, -0.15) is 10.2 Å². The molecule has 1 fully saturated rings. The van der Waals surface area contributed by atoms with Crippen molar-refractivity contribution >= 4 is 10.9 Å². The second-order valence-electron chi connectivity index (χ2n) is 6.97. The fourth-order valence-corrected chi connectivity index (χ4v) is 3.64. The van der Waals surface area contributed by atoms with Crippen LogP contribution in [0.3, 0.4) is 0 Å². The Bertz CT molecular complexity index is 1080. The van der Waals surface area contributed by atoms with Gasteiger partial charge >= 0.3 is 0 Å². The molecule has 3 heterocycles. The molecular weight excluding hydrogens is 340 g/mol. The average molecular weight is 360 g/mol. The van der Waals surface area contributed by atoms with Gasteiger partial charge in [0.1, 0.15) is 11.6 Å². The second-order valence-corrected chi connectivity index (χ2v) is 6.97. The first kappa shape index (κ1) is 16.0. The van der Waals surface area contributed by atoms with Gasteiger partial charge in [-0.1, -0.05) is 0 Å². The van der Waals surface area contributed by atoms with Gasteiger partial charge in [0.25, 0.3) is 0 Å². The minimum atomic E-state index is 0.241. The summed E-state index contributed by atoms with van der Waals surface area (Å²) in [4.78, 5) is 7.07. The summed E-state index contributed by atoms with van der Waals surface area (Å²) >= 11 is 0. The van der Waals surface area contributed by atoms with E-state index in [1.807, 2.05) is 24.3 Å². The molecule has 4 aromatic rings. The Kier molecular flexibility index (Phi) is 3.86. The lowest BCUT2D eigenvalue weighted by molar-refractivity contribution is 0.323. The summed E-state index contributed by atoms with van der Waals surface area (Å²) in [5.41, 5.74) is 3.70. The zero-order valence-corrected chi connectivity index (χ0v) is 14.8. The third-order valence-corrected chi connectivity index (χ3v) is 5.07. The molecular formula is C20H20N6O. The SMILES string of the molecule is Oc1ccc(-c2n[nH]c3ccc(-c4n[nH]c(CN5CCCC5)n4)cc23)cc1. The van der Waals surface area contributed by atoms with E-state index in [0.29, 0.717) is 5.82 Å². The number of phenols is 1. The number of H-pyrrole nitrogens is 2.